The van der Waals surface area contributed by atoms with Crippen LogP contribution in [0.15, 0.2) is 54.6 Å². The minimum atomic E-state index is -0.113. The number of benzene rings is 2. The zero-order valence-electron chi connectivity index (χ0n) is 17.8. The lowest BCUT2D eigenvalue weighted by Crippen LogP contribution is -3.12. The van der Waals surface area contributed by atoms with Crippen LogP contribution >= 0.6 is 0 Å². The van der Waals surface area contributed by atoms with Crippen molar-refractivity contribution in [2.45, 2.75) is 13.8 Å². The molecule has 1 aliphatic rings. The molecule has 6 heteroatoms. The van der Waals surface area contributed by atoms with Crippen LogP contribution in [0.2, 0.25) is 0 Å². The summed E-state index contributed by atoms with van der Waals surface area (Å²) in [6, 6.07) is 17.6. The third-order valence-corrected chi connectivity index (χ3v) is 5.49. The molecular weight excluding hydrogens is 374 g/mol. The third kappa shape index (κ3) is 4.66. The molecule has 0 unspecified atom stereocenters. The summed E-state index contributed by atoms with van der Waals surface area (Å²) in [5.41, 5.74) is 5.27. The van der Waals surface area contributed by atoms with Gasteiger partial charge in [-0.25, -0.2) is 0 Å². The summed E-state index contributed by atoms with van der Waals surface area (Å²) in [5, 5.41) is 11.9. The van der Waals surface area contributed by atoms with E-state index in [-0.39, 0.29) is 5.91 Å². The van der Waals surface area contributed by atoms with Gasteiger partial charge in [0.05, 0.1) is 38.9 Å². The largest absolute Gasteiger partial charge is 0.344 e. The first-order valence-electron chi connectivity index (χ1n) is 10.4. The van der Waals surface area contributed by atoms with Crippen LogP contribution in [0.25, 0.3) is 11.3 Å². The van der Waals surface area contributed by atoms with E-state index in [0.29, 0.717) is 5.56 Å². The van der Waals surface area contributed by atoms with Crippen LogP contribution in [0, 0.1) is 13.8 Å². The first-order chi connectivity index (χ1) is 14.5. The van der Waals surface area contributed by atoms with Gasteiger partial charge in [0.1, 0.15) is 0 Å². The van der Waals surface area contributed by atoms with Crippen molar-refractivity contribution in [3.63, 3.8) is 0 Å². The molecule has 3 aromatic rings. The average molecular weight is 403 g/mol. The molecule has 2 heterocycles. The maximum Gasteiger partial charge on any atom is 0.255 e. The van der Waals surface area contributed by atoms with Crippen LogP contribution in [0.3, 0.4) is 0 Å². The van der Waals surface area contributed by atoms with Gasteiger partial charge >= 0.3 is 0 Å². The Kier molecular flexibility index (Phi) is 5.77. The molecule has 1 fully saturated rings. The molecule has 1 aliphatic heterocycles. The van der Waals surface area contributed by atoms with Crippen LogP contribution in [-0.4, -0.2) is 49.3 Å². The normalized spacial score (nSPS) is 14.6. The number of nitrogens with zero attached hydrogens (tertiary/aromatic N) is 3. The number of quaternary nitrogens is 1. The predicted molar refractivity (Wildman–Crippen MR) is 120 cm³/mol. The Morgan fingerprint density at radius 1 is 0.967 bits per heavy atom. The molecule has 0 atom stereocenters. The second kappa shape index (κ2) is 8.63. The van der Waals surface area contributed by atoms with Gasteiger partial charge in [-0.3, -0.25) is 4.79 Å². The van der Waals surface area contributed by atoms with E-state index >= 15 is 0 Å². The van der Waals surface area contributed by atoms with Gasteiger partial charge < -0.3 is 15.1 Å². The van der Waals surface area contributed by atoms with Crippen LogP contribution in [0.5, 0.6) is 0 Å². The summed E-state index contributed by atoms with van der Waals surface area (Å²) in [4.78, 5) is 16.5. The van der Waals surface area contributed by atoms with Crippen molar-refractivity contribution in [3.8, 4) is 11.3 Å². The monoisotopic (exact) mass is 402 g/mol. The molecular formula is C24H28N5O+. The Morgan fingerprint density at radius 3 is 2.37 bits per heavy atom. The highest BCUT2D eigenvalue weighted by Gasteiger charge is 2.18. The minimum Gasteiger partial charge on any atom is -0.344 e. The molecule has 1 aromatic heterocycles. The van der Waals surface area contributed by atoms with Crippen LogP contribution in [0.1, 0.15) is 21.5 Å². The molecule has 0 spiro atoms. The van der Waals surface area contributed by atoms with Gasteiger partial charge in [0.25, 0.3) is 5.91 Å². The van der Waals surface area contributed by atoms with Crippen LogP contribution < -0.4 is 15.1 Å². The lowest BCUT2D eigenvalue weighted by atomic mass is 10.1. The second-order valence-corrected chi connectivity index (χ2v) is 8.13. The Hall–Kier alpha value is -3.25. The molecule has 6 nitrogen and oxygen atoms in total. The van der Waals surface area contributed by atoms with E-state index in [4.69, 9.17) is 0 Å². The molecule has 30 heavy (non-hydrogen) atoms. The van der Waals surface area contributed by atoms with Crippen LogP contribution in [0.4, 0.5) is 11.5 Å². The molecule has 2 aromatic carbocycles. The summed E-state index contributed by atoms with van der Waals surface area (Å²) in [7, 11) is 2.22. The molecule has 2 N–H and O–H groups in total. The van der Waals surface area contributed by atoms with E-state index in [9.17, 15) is 4.79 Å². The predicted octanol–water partition coefficient (Wildman–Crippen LogP) is 2.35. The highest BCUT2D eigenvalue weighted by Crippen LogP contribution is 2.22. The van der Waals surface area contributed by atoms with E-state index in [1.54, 1.807) is 4.90 Å². The third-order valence-electron chi connectivity index (χ3n) is 5.49. The van der Waals surface area contributed by atoms with Crippen molar-refractivity contribution < 1.29 is 9.69 Å². The highest BCUT2D eigenvalue weighted by molar-refractivity contribution is 6.04. The minimum absolute atomic E-state index is 0.113. The lowest BCUT2D eigenvalue weighted by Gasteiger charge is -2.30. The molecule has 0 aliphatic carbocycles. The van der Waals surface area contributed by atoms with E-state index in [1.807, 2.05) is 62.4 Å². The smallest absolute Gasteiger partial charge is 0.255 e. The number of nitrogens with one attached hydrogen (secondary N) is 2. The summed E-state index contributed by atoms with van der Waals surface area (Å²) in [6.45, 7) is 8.23. The van der Waals surface area contributed by atoms with Gasteiger partial charge in [-0.1, -0.05) is 29.3 Å². The molecule has 0 bridgehead atoms. The van der Waals surface area contributed by atoms with Gasteiger partial charge in [0, 0.05) is 16.8 Å². The van der Waals surface area contributed by atoms with Crippen LogP contribution in [-0.2, 0) is 0 Å². The topological polar surface area (TPSA) is 62.6 Å². The molecule has 1 amide bonds. The summed E-state index contributed by atoms with van der Waals surface area (Å²) in [6.07, 6.45) is 0. The van der Waals surface area contributed by atoms with Gasteiger partial charge in [-0.15, -0.1) is 10.2 Å². The quantitative estimate of drug-likeness (QED) is 0.703. The van der Waals surface area contributed by atoms with Gasteiger partial charge in [0.2, 0.25) is 0 Å². The fraction of sp³-hybridized carbons (Fsp3) is 0.292. The average Bonchev–Trinajstić information content (AvgIpc) is 2.74. The highest BCUT2D eigenvalue weighted by atomic mass is 16.1. The van der Waals surface area contributed by atoms with Gasteiger partial charge in [-0.05, 0) is 50.2 Å². The fourth-order valence-electron chi connectivity index (χ4n) is 3.83. The number of carbonyl (C=O) groups excluding carboxylic acids is 1. The number of amides is 1. The van der Waals surface area contributed by atoms with Crippen molar-refractivity contribution in [2.75, 3.05) is 43.4 Å². The maximum atomic E-state index is 12.7. The Morgan fingerprint density at radius 2 is 1.70 bits per heavy atom. The number of hydrogen-bond acceptors (Lipinski definition) is 4. The van der Waals surface area contributed by atoms with Crippen molar-refractivity contribution in [3.05, 3.63) is 71.3 Å². The molecule has 0 saturated carbocycles. The summed E-state index contributed by atoms with van der Waals surface area (Å²) >= 11 is 0. The fourth-order valence-corrected chi connectivity index (χ4v) is 3.83. The van der Waals surface area contributed by atoms with Crippen molar-refractivity contribution >= 4 is 17.4 Å². The number of aromatic nitrogens is 2. The number of anilines is 2. The number of hydrogen-bond donors (Lipinski definition) is 2. The maximum absolute atomic E-state index is 12.7. The van der Waals surface area contributed by atoms with E-state index in [2.05, 4.69) is 33.5 Å². The van der Waals surface area contributed by atoms with Crippen molar-refractivity contribution in [1.82, 2.24) is 10.2 Å². The van der Waals surface area contributed by atoms with E-state index in [0.717, 1.165) is 60.1 Å². The van der Waals surface area contributed by atoms with E-state index in [1.165, 1.54) is 0 Å². The first-order valence-corrected chi connectivity index (χ1v) is 10.4. The molecule has 0 radical (unpaired) electrons. The Labute approximate surface area is 177 Å². The number of piperazine rings is 1. The number of aryl methyl sites for hydroxylation is 2. The second-order valence-electron chi connectivity index (χ2n) is 8.13. The number of carbonyl (C=O) groups is 1. The summed E-state index contributed by atoms with van der Waals surface area (Å²) < 4.78 is 0. The molecule has 154 valence electrons. The zero-order valence-corrected chi connectivity index (χ0v) is 17.8. The zero-order chi connectivity index (χ0) is 21.1. The number of rotatable bonds is 4. The first kappa shape index (κ1) is 20.0. The molecule has 4 rings (SSSR count). The Bertz CT molecular complexity index is 1020. The Balaban J connectivity index is 1.48. The SMILES string of the molecule is Cc1cc(C)cc(C(=O)Nc2cccc(-c3ccc(N4CC[NH+](C)CC4)nn3)c2)c1. The van der Waals surface area contributed by atoms with Crippen molar-refractivity contribution in [1.29, 1.82) is 0 Å². The number of likely N-dealkylation sites (N-methyl/N-ethyl adjacent to an activating group) is 1. The van der Waals surface area contributed by atoms with Gasteiger partial charge in [0.15, 0.2) is 5.82 Å². The molecule has 1 saturated heterocycles. The van der Waals surface area contributed by atoms with E-state index < -0.39 is 0 Å². The van der Waals surface area contributed by atoms with Crippen molar-refractivity contribution in [2.24, 2.45) is 0 Å². The summed E-state index contributed by atoms with van der Waals surface area (Å²) in [5.74, 6) is 0.808. The lowest BCUT2D eigenvalue weighted by molar-refractivity contribution is -0.880. The van der Waals surface area contributed by atoms with Gasteiger partial charge in [-0.2, -0.15) is 0 Å². The standard InChI is InChI=1S/C24H27N5O/c1-17-13-18(2)15-20(14-17)24(30)25-21-6-4-5-19(16-21)22-7-8-23(27-26-22)29-11-9-28(3)10-12-29/h4-8,13-16H,9-12H2,1-3H3,(H,25,30)/p+1.